The number of fused-ring (bicyclic) bond motifs is 1. The molecule has 4 heterocycles. The van der Waals surface area contributed by atoms with Gasteiger partial charge in [-0.25, -0.2) is 0 Å². The maximum Gasteiger partial charge on any atom is 0.231 e. The number of nitrogens with one attached hydrogen (secondary N) is 2. The van der Waals surface area contributed by atoms with Crippen molar-refractivity contribution < 1.29 is 19.0 Å². The quantitative estimate of drug-likeness (QED) is 0.272. The molecule has 2 N–H and O–H groups in total. The Morgan fingerprint density at radius 1 is 1.10 bits per heavy atom. The molecular weight excluding hydrogens is 538 g/mol. The van der Waals surface area contributed by atoms with E-state index in [1.165, 1.54) is 0 Å². The number of hydrogen-bond donors (Lipinski definition) is 2. The molecular formula is C31H31N5O4S. The van der Waals surface area contributed by atoms with Gasteiger partial charge < -0.3 is 34.3 Å². The molecule has 2 aromatic carbocycles. The highest BCUT2D eigenvalue weighted by Gasteiger charge is 2.42. The summed E-state index contributed by atoms with van der Waals surface area (Å²) in [6.07, 6.45) is 2.17. The molecule has 0 saturated carbocycles. The first-order chi connectivity index (χ1) is 19.9. The number of carbonyl (C=O) groups is 1. The molecule has 2 aliphatic heterocycles. The minimum atomic E-state index is -0.216. The number of pyridine rings is 1. The van der Waals surface area contributed by atoms with Crippen LogP contribution in [-0.2, 0) is 4.79 Å². The highest BCUT2D eigenvalue weighted by molar-refractivity contribution is 7.80. The van der Waals surface area contributed by atoms with Crippen molar-refractivity contribution in [2.75, 3.05) is 24.1 Å². The molecule has 9 nitrogen and oxygen atoms in total. The van der Waals surface area contributed by atoms with Gasteiger partial charge in [0, 0.05) is 47.5 Å². The fourth-order valence-electron chi connectivity index (χ4n) is 5.63. The standard InChI is InChI=1S/C31H31N5O4S/c1-5-28(37)33-23-11-9-21(15-26(23)38-4)36-30(29(34-31(36)41)24-8-6-7-13-32-24)22-14-18(2)35(19(22)3)20-10-12-25-27(16-20)40-17-39-25/h6-16,29-30H,5,17H2,1-4H3,(H,33,37)(H,34,41)/t29-,30-/m0/s1. The first-order valence-corrected chi connectivity index (χ1v) is 13.9. The van der Waals surface area contributed by atoms with E-state index in [1.807, 2.05) is 61.5 Å². The highest BCUT2D eigenvalue weighted by atomic mass is 32.1. The van der Waals surface area contributed by atoms with Gasteiger partial charge in [0.2, 0.25) is 12.7 Å². The van der Waals surface area contributed by atoms with E-state index in [0.29, 0.717) is 23.0 Å². The number of nitrogens with zero attached hydrogens (tertiary/aromatic N) is 3. The van der Waals surface area contributed by atoms with Gasteiger partial charge in [-0.3, -0.25) is 9.78 Å². The molecule has 2 atom stereocenters. The number of methoxy groups -OCH3 is 1. The monoisotopic (exact) mass is 569 g/mol. The van der Waals surface area contributed by atoms with E-state index in [0.717, 1.165) is 45.5 Å². The van der Waals surface area contributed by atoms with Crippen molar-refractivity contribution in [1.82, 2.24) is 14.9 Å². The lowest BCUT2D eigenvalue weighted by molar-refractivity contribution is -0.115. The second kappa shape index (κ2) is 10.8. The summed E-state index contributed by atoms with van der Waals surface area (Å²) in [6.45, 7) is 6.25. The van der Waals surface area contributed by atoms with Crippen molar-refractivity contribution in [2.24, 2.45) is 0 Å². The minimum absolute atomic E-state index is 0.0848. The van der Waals surface area contributed by atoms with Crippen molar-refractivity contribution in [3.63, 3.8) is 0 Å². The van der Waals surface area contributed by atoms with Gasteiger partial charge in [0.15, 0.2) is 16.6 Å². The highest BCUT2D eigenvalue weighted by Crippen LogP contribution is 2.45. The van der Waals surface area contributed by atoms with Crippen molar-refractivity contribution in [3.8, 4) is 22.9 Å². The fourth-order valence-corrected chi connectivity index (χ4v) is 5.98. The second-order valence-electron chi connectivity index (χ2n) is 9.98. The number of benzene rings is 2. The van der Waals surface area contributed by atoms with Crippen LogP contribution in [-0.4, -0.2) is 34.5 Å². The molecule has 10 heteroatoms. The Kier molecular flexibility index (Phi) is 7.00. The van der Waals surface area contributed by atoms with E-state index >= 15 is 0 Å². The van der Waals surface area contributed by atoms with Gasteiger partial charge in [-0.2, -0.15) is 0 Å². The largest absolute Gasteiger partial charge is 0.494 e. The maximum atomic E-state index is 12.1. The average Bonchev–Trinajstić information content (AvgIpc) is 3.68. The van der Waals surface area contributed by atoms with E-state index in [1.54, 1.807) is 13.3 Å². The number of rotatable bonds is 7. The molecule has 0 spiro atoms. The van der Waals surface area contributed by atoms with Gasteiger partial charge in [0.1, 0.15) is 5.75 Å². The number of anilines is 2. The molecule has 0 radical (unpaired) electrons. The van der Waals surface area contributed by atoms with Crippen LogP contribution in [0.15, 0.2) is 66.9 Å². The Hall–Kier alpha value is -4.57. The summed E-state index contributed by atoms with van der Waals surface area (Å²) >= 11 is 5.95. The van der Waals surface area contributed by atoms with Crippen LogP contribution in [0.2, 0.25) is 0 Å². The zero-order valence-corrected chi connectivity index (χ0v) is 24.1. The van der Waals surface area contributed by atoms with Crippen molar-refractivity contribution >= 4 is 34.6 Å². The van der Waals surface area contributed by atoms with E-state index in [4.69, 9.17) is 26.4 Å². The Bertz CT molecular complexity index is 1640. The van der Waals surface area contributed by atoms with Gasteiger partial charge in [0.25, 0.3) is 0 Å². The van der Waals surface area contributed by atoms with Gasteiger partial charge >= 0.3 is 0 Å². The lowest BCUT2D eigenvalue weighted by Gasteiger charge is -2.29. The molecule has 1 fully saturated rings. The summed E-state index contributed by atoms with van der Waals surface area (Å²) in [4.78, 5) is 18.9. The summed E-state index contributed by atoms with van der Waals surface area (Å²) < 4.78 is 19.1. The molecule has 0 bridgehead atoms. The van der Waals surface area contributed by atoms with Crippen LogP contribution in [0, 0.1) is 13.8 Å². The third-order valence-electron chi connectivity index (χ3n) is 7.56. The molecule has 6 rings (SSSR count). The summed E-state index contributed by atoms with van der Waals surface area (Å²) in [5, 5.41) is 7.01. The van der Waals surface area contributed by atoms with Crippen LogP contribution >= 0.6 is 12.2 Å². The lowest BCUT2D eigenvalue weighted by atomic mass is 9.96. The number of amides is 1. The molecule has 4 aromatic rings. The topological polar surface area (TPSA) is 89.9 Å². The van der Waals surface area contributed by atoms with Crippen molar-refractivity contribution in [1.29, 1.82) is 0 Å². The van der Waals surface area contributed by atoms with E-state index in [2.05, 4.69) is 45.0 Å². The summed E-state index contributed by atoms with van der Waals surface area (Å²) in [6, 6.07) is 19.4. The number of carbonyl (C=O) groups excluding carboxylic acids is 1. The average molecular weight is 570 g/mol. The van der Waals surface area contributed by atoms with Crippen LogP contribution in [0.1, 0.15) is 48.1 Å². The summed E-state index contributed by atoms with van der Waals surface area (Å²) in [5.74, 6) is 1.95. The first kappa shape index (κ1) is 26.6. The van der Waals surface area contributed by atoms with Crippen LogP contribution in [0.3, 0.4) is 0 Å². The number of thiocarbonyl (C=S) groups is 1. The van der Waals surface area contributed by atoms with E-state index < -0.39 is 0 Å². The van der Waals surface area contributed by atoms with Gasteiger partial charge in [-0.1, -0.05) is 13.0 Å². The molecule has 0 unspecified atom stereocenters. The third-order valence-corrected chi connectivity index (χ3v) is 7.87. The normalized spacial score (nSPS) is 17.5. The molecule has 2 aromatic heterocycles. The first-order valence-electron chi connectivity index (χ1n) is 13.5. The van der Waals surface area contributed by atoms with Gasteiger partial charge in [-0.15, -0.1) is 0 Å². The zero-order chi connectivity index (χ0) is 28.7. The van der Waals surface area contributed by atoms with Crippen LogP contribution in [0.4, 0.5) is 11.4 Å². The summed E-state index contributed by atoms with van der Waals surface area (Å²) in [5.41, 5.74) is 6.57. The summed E-state index contributed by atoms with van der Waals surface area (Å²) in [7, 11) is 1.59. The Labute approximate surface area is 244 Å². The predicted octanol–water partition coefficient (Wildman–Crippen LogP) is 5.75. The minimum Gasteiger partial charge on any atom is -0.494 e. The molecule has 0 aliphatic carbocycles. The van der Waals surface area contributed by atoms with Crippen molar-refractivity contribution in [2.45, 2.75) is 39.3 Å². The van der Waals surface area contributed by atoms with Crippen LogP contribution < -0.4 is 29.7 Å². The molecule has 41 heavy (non-hydrogen) atoms. The smallest absolute Gasteiger partial charge is 0.231 e. The van der Waals surface area contributed by atoms with Crippen LogP contribution in [0.25, 0.3) is 5.69 Å². The third kappa shape index (κ3) is 4.74. The lowest BCUT2D eigenvalue weighted by Crippen LogP contribution is -2.29. The van der Waals surface area contributed by atoms with Crippen molar-refractivity contribution in [3.05, 3.63) is 89.5 Å². The SMILES string of the molecule is CCC(=O)Nc1ccc(N2C(=S)N[C@@H](c3ccccn3)[C@@H]2c2cc(C)n(-c3ccc4c(c3)OCO4)c2C)cc1OC. The number of ether oxygens (including phenoxy) is 3. The Morgan fingerprint density at radius 3 is 2.66 bits per heavy atom. The predicted molar refractivity (Wildman–Crippen MR) is 161 cm³/mol. The van der Waals surface area contributed by atoms with E-state index in [9.17, 15) is 4.79 Å². The second-order valence-corrected chi connectivity index (χ2v) is 10.4. The Balaban J connectivity index is 1.47. The number of aryl methyl sites for hydroxylation is 1. The van der Waals surface area contributed by atoms with E-state index in [-0.39, 0.29) is 24.8 Å². The fraction of sp³-hybridized carbons (Fsp3) is 0.258. The maximum absolute atomic E-state index is 12.1. The van der Waals surface area contributed by atoms with Crippen LogP contribution in [0.5, 0.6) is 17.2 Å². The molecule has 1 saturated heterocycles. The Morgan fingerprint density at radius 2 is 1.90 bits per heavy atom. The number of hydrogen-bond acceptors (Lipinski definition) is 6. The molecule has 210 valence electrons. The van der Waals surface area contributed by atoms with Gasteiger partial charge in [-0.05, 0) is 74.1 Å². The zero-order valence-electron chi connectivity index (χ0n) is 23.3. The molecule has 2 aliphatic rings. The number of aromatic nitrogens is 2. The van der Waals surface area contributed by atoms with Gasteiger partial charge in [0.05, 0.1) is 30.6 Å². The molecule has 1 amide bonds.